The maximum Gasteiger partial charge on any atom is 0.259 e. The predicted molar refractivity (Wildman–Crippen MR) is 62.1 cm³/mol. The molecule has 0 aliphatic carbocycles. The number of pyridine rings is 1. The average Bonchev–Trinajstić information content (AvgIpc) is 2.40. The molecule has 1 aliphatic heterocycles. The van der Waals surface area contributed by atoms with Crippen LogP contribution in [0.25, 0.3) is 0 Å². The molecule has 1 saturated heterocycles. The second kappa shape index (κ2) is 5.63. The number of rotatable bonds is 3. The van der Waals surface area contributed by atoms with Crippen LogP contribution in [-0.4, -0.2) is 48.7 Å². The van der Waals surface area contributed by atoms with Crippen molar-refractivity contribution >= 4 is 5.91 Å². The minimum Gasteiger partial charge on any atom is -0.477 e. The first-order valence-electron chi connectivity index (χ1n) is 5.77. The monoisotopic (exact) mass is 236 g/mol. The van der Waals surface area contributed by atoms with Crippen LogP contribution in [0.4, 0.5) is 0 Å². The SMILES string of the molecule is CCOc1ncccc1C(=O)N1CCOCC1. The summed E-state index contributed by atoms with van der Waals surface area (Å²) in [5, 5.41) is 0. The molecule has 1 aliphatic rings. The van der Waals surface area contributed by atoms with E-state index >= 15 is 0 Å². The maximum absolute atomic E-state index is 12.2. The van der Waals surface area contributed by atoms with Gasteiger partial charge in [-0.2, -0.15) is 0 Å². The van der Waals surface area contributed by atoms with Gasteiger partial charge in [0.2, 0.25) is 5.88 Å². The van der Waals surface area contributed by atoms with Crippen LogP contribution < -0.4 is 4.74 Å². The first kappa shape index (κ1) is 11.9. The fourth-order valence-electron chi connectivity index (χ4n) is 1.74. The van der Waals surface area contributed by atoms with Gasteiger partial charge in [0.05, 0.1) is 19.8 Å². The van der Waals surface area contributed by atoms with Gasteiger partial charge in [0.15, 0.2) is 0 Å². The molecule has 0 spiro atoms. The van der Waals surface area contributed by atoms with Crippen LogP contribution >= 0.6 is 0 Å². The first-order valence-corrected chi connectivity index (χ1v) is 5.77. The first-order chi connectivity index (χ1) is 8.33. The smallest absolute Gasteiger partial charge is 0.259 e. The Kier molecular flexibility index (Phi) is 3.93. The zero-order valence-electron chi connectivity index (χ0n) is 9.89. The minimum absolute atomic E-state index is 0.0372. The summed E-state index contributed by atoms with van der Waals surface area (Å²) in [4.78, 5) is 18.1. The van der Waals surface area contributed by atoms with Crippen molar-refractivity contribution in [3.05, 3.63) is 23.9 Å². The third-order valence-corrected chi connectivity index (χ3v) is 2.58. The largest absolute Gasteiger partial charge is 0.477 e. The second-order valence-corrected chi connectivity index (χ2v) is 3.69. The Bertz CT molecular complexity index is 389. The Morgan fingerprint density at radius 3 is 3.00 bits per heavy atom. The Morgan fingerprint density at radius 2 is 2.29 bits per heavy atom. The summed E-state index contributed by atoms with van der Waals surface area (Å²) in [5.41, 5.74) is 0.524. The van der Waals surface area contributed by atoms with Crippen LogP contribution in [0.3, 0.4) is 0 Å². The predicted octanol–water partition coefficient (Wildman–Crippen LogP) is 0.953. The molecule has 5 heteroatoms. The van der Waals surface area contributed by atoms with Crippen LogP contribution in [0.5, 0.6) is 5.88 Å². The number of carbonyl (C=O) groups excluding carboxylic acids is 1. The van der Waals surface area contributed by atoms with Gasteiger partial charge >= 0.3 is 0 Å². The molecule has 1 aromatic heterocycles. The molecule has 92 valence electrons. The zero-order valence-corrected chi connectivity index (χ0v) is 9.89. The molecular weight excluding hydrogens is 220 g/mol. The summed E-state index contributed by atoms with van der Waals surface area (Å²) in [5.74, 6) is 0.372. The van der Waals surface area contributed by atoms with Gasteiger partial charge in [-0.1, -0.05) is 0 Å². The Hall–Kier alpha value is -1.62. The summed E-state index contributed by atoms with van der Waals surface area (Å²) in [7, 11) is 0. The molecule has 0 aromatic carbocycles. The lowest BCUT2D eigenvalue weighted by atomic mass is 10.2. The van der Waals surface area contributed by atoms with E-state index in [0.29, 0.717) is 44.4 Å². The standard InChI is InChI=1S/C12H16N2O3/c1-2-17-11-10(4-3-5-13-11)12(15)14-6-8-16-9-7-14/h3-5H,2,6-9H2,1H3. The van der Waals surface area contributed by atoms with Gasteiger partial charge in [-0.3, -0.25) is 4.79 Å². The quantitative estimate of drug-likeness (QED) is 0.784. The van der Waals surface area contributed by atoms with Crippen LogP contribution in [0.1, 0.15) is 17.3 Å². The summed E-state index contributed by atoms with van der Waals surface area (Å²) < 4.78 is 10.6. The van der Waals surface area contributed by atoms with E-state index in [0.717, 1.165) is 0 Å². The van der Waals surface area contributed by atoms with Crippen molar-refractivity contribution in [3.63, 3.8) is 0 Å². The molecule has 5 nitrogen and oxygen atoms in total. The molecule has 0 atom stereocenters. The molecule has 1 fully saturated rings. The lowest BCUT2D eigenvalue weighted by Crippen LogP contribution is -2.40. The highest BCUT2D eigenvalue weighted by Gasteiger charge is 2.21. The van der Waals surface area contributed by atoms with E-state index in [-0.39, 0.29) is 5.91 Å². The molecule has 0 unspecified atom stereocenters. The van der Waals surface area contributed by atoms with Gasteiger partial charge in [0, 0.05) is 19.3 Å². The lowest BCUT2D eigenvalue weighted by Gasteiger charge is -2.27. The summed E-state index contributed by atoms with van der Waals surface area (Å²) >= 11 is 0. The molecule has 0 saturated carbocycles. The molecule has 1 amide bonds. The summed E-state index contributed by atoms with van der Waals surface area (Å²) in [6.07, 6.45) is 1.63. The van der Waals surface area contributed by atoms with E-state index in [1.807, 2.05) is 6.92 Å². The maximum atomic E-state index is 12.2. The normalized spacial score (nSPS) is 15.7. The highest BCUT2D eigenvalue weighted by Crippen LogP contribution is 2.17. The Morgan fingerprint density at radius 1 is 1.53 bits per heavy atom. The van der Waals surface area contributed by atoms with E-state index in [2.05, 4.69) is 4.98 Å². The van der Waals surface area contributed by atoms with Gasteiger partial charge in [-0.15, -0.1) is 0 Å². The third-order valence-electron chi connectivity index (χ3n) is 2.58. The number of amides is 1. The fourth-order valence-corrected chi connectivity index (χ4v) is 1.74. The highest BCUT2D eigenvalue weighted by molar-refractivity contribution is 5.96. The van der Waals surface area contributed by atoms with Crippen molar-refractivity contribution in [1.29, 1.82) is 0 Å². The van der Waals surface area contributed by atoms with Gasteiger partial charge < -0.3 is 14.4 Å². The molecule has 0 bridgehead atoms. The molecule has 2 heterocycles. The average molecular weight is 236 g/mol. The third kappa shape index (κ3) is 2.74. The molecule has 0 radical (unpaired) electrons. The van der Waals surface area contributed by atoms with Crippen molar-refractivity contribution in [2.75, 3.05) is 32.9 Å². The van der Waals surface area contributed by atoms with Crippen molar-refractivity contribution in [2.24, 2.45) is 0 Å². The van der Waals surface area contributed by atoms with Gasteiger partial charge in [0.1, 0.15) is 5.56 Å². The van der Waals surface area contributed by atoms with Crippen molar-refractivity contribution in [2.45, 2.75) is 6.92 Å². The van der Waals surface area contributed by atoms with Gasteiger partial charge in [-0.05, 0) is 19.1 Å². The second-order valence-electron chi connectivity index (χ2n) is 3.69. The van der Waals surface area contributed by atoms with Crippen LogP contribution in [0.15, 0.2) is 18.3 Å². The van der Waals surface area contributed by atoms with E-state index in [9.17, 15) is 4.79 Å². The lowest BCUT2D eigenvalue weighted by molar-refractivity contribution is 0.0300. The van der Waals surface area contributed by atoms with E-state index in [1.165, 1.54) is 0 Å². The van der Waals surface area contributed by atoms with Gasteiger partial charge in [0.25, 0.3) is 5.91 Å². The van der Waals surface area contributed by atoms with Crippen molar-refractivity contribution in [1.82, 2.24) is 9.88 Å². The van der Waals surface area contributed by atoms with E-state index in [4.69, 9.17) is 9.47 Å². The van der Waals surface area contributed by atoms with E-state index < -0.39 is 0 Å². The number of aromatic nitrogens is 1. The topological polar surface area (TPSA) is 51.7 Å². The number of hydrogen-bond donors (Lipinski definition) is 0. The summed E-state index contributed by atoms with van der Waals surface area (Å²) in [6, 6.07) is 3.49. The Balaban J connectivity index is 2.17. The molecule has 0 N–H and O–H groups in total. The van der Waals surface area contributed by atoms with Crippen molar-refractivity contribution < 1.29 is 14.3 Å². The molecule has 1 aromatic rings. The number of morpholine rings is 1. The number of hydrogen-bond acceptors (Lipinski definition) is 4. The minimum atomic E-state index is -0.0372. The van der Waals surface area contributed by atoms with Crippen LogP contribution in [0.2, 0.25) is 0 Å². The zero-order chi connectivity index (χ0) is 12.1. The van der Waals surface area contributed by atoms with Crippen LogP contribution in [-0.2, 0) is 4.74 Å². The van der Waals surface area contributed by atoms with Crippen molar-refractivity contribution in [3.8, 4) is 5.88 Å². The number of ether oxygens (including phenoxy) is 2. The fraction of sp³-hybridized carbons (Fsp3) is 0.500. The highest BCUT2D eigenvalue weighted by atomic mass is 16.5. The molecule has 2 rings (SSSR count). The van der Waals surface area contributed by atoms with E-state index in [1.54, 1.807) is 23.2 Å². The van der Waals surface area contributed by atoms with Crippen LogP contribution in [0, 0.1) is 0 Å². The number of carbonyl (C=O) groups is 1. The molecule has 17 heavy (non-hydrogen) atoms. The summed E-state index contributed by atoms with van der Waals surface area (Å²) in [6.45, 7) is 4.81. The van der Waals surface area contributed by atoms with Gasteiger partial charge in [-0.25, -0.2) is 4.98 Å². The molecular formula is C12H16N2O3. The number of nitrogens with zero attached hydrogens (tertiary/aromatic N) is 2. The Labute approximate surface area is 100 Å².